The maximum absolute atomic E-state index is 4.13. The van der Waals surface area contributed by atoms with Crippen molar-refractivity contribution >= 4 is 16.8 Å². The van der Waals surface area contributed by atoms with Crippen LogP contribution in [0, 0.1) is 0 Å². The predicted molar refractivity (Wildman–Crippen MR) is 141 cm³/mol. The van der Waals surface area contributed by atoms with Gasteiger partial charge in [-0.05, 0) is 59.4 Å². The number of nitrogens with zero attached hydrogens (tertiary/aromatic N) is 1. The van der Waals surface area contributed by atoms with Crippen LogP contribution in [0.5, 0.6) is 0 Å². The van der Waals surface area contributed by atoms with E-state index in [1.165, 1.54) is 39.6 Å². The molecular formula is C32H34N+. The van der Waals surface area contributed by atoms with Crippen molar-refractivity contribution < 1.29 is 4.57 Å². The van der Waals surface area contributed by atoms with Crippen molar-refractivity contribution in [1.82, 2.24) is 0 Å². The van der Waals surface area contributed by atoms with Crippen LogP contribution in [0.3, 0.4) is 0 Å². The summed E-state index contributed by atoms with van der Waals surface area (Å²) in [5.74, 6) is 0. The van der Waals surface area contributed by atoms with Crippen molar-refractivity contribution in [2.45, 2.75) is 57.4 Å². The van der Waals surface area contributed by atoms with Gasteiger partial charge in [-0.2, -0.15) is 4.57 Å². The van der Waals surface area contributed by atoms with E-state index in [0.717, 1.165) is 24.8 Å². The molecule has 0 amide bonds. The summed E-state index contributed by atoms with van der Waals surface area (Å²) in [5.41, 5.74) is 8.24. The van der Waals surface area contributed by atoms with Crippen LogP contribution in [-0.4, -0.2) is 0 Å². The Morgan fingerprint density at radius 1 is 1.09 bits per heavy atom. The van der Waals surface area contributed by atoms with E-state index in [1.54, 1.807) is 5.56 Å². The monoisotopic (exact) mass is 432 g/mol. The molecule has 166 valence electrons. The fourth-order valence-electron chi connectivity index (χ4n) is 6.45. The van der Waals surface area contributed by atoms with Crippen LogP contribution in [0.2, 0.25) is 0 Å². The Bertz CT molecular complexity index is 1340. The molecule has 0 spiro atoms. The Labute approximate surface area is 198 Å². The second-order valence-electron chi connectivity index (χ2n) is 9.57. The highest BCUT2D eigenvalue weighted by Gasteiger charge is 2.77. The number of allylic oxidation sites excluding steroid dienone is 5. The molecule has 5 rings (SSSR count). The van der Waals surface area contributed by atoms with Gasteiger partial charge in [0.2, 0.25) is 5.69 Å². The molecule has 1 heteroatoms. The highest BCUT2D eigenvalue weighted by molar-refractivity contribution is 5.95. The van der Waals surface area contributed by atoms with Crippen LogP contribution in [0.1, 0.15) is 56.7 Å². The minimum absolute atomic E-state index is 0.144. The van der Waals surface area contributed by atoms with Gasteiger partial charge in [0.15, 0.2) is 11.7 Å². The summed E-state index contributed by atoms with van der Waals surface area (Å²) >= 11 is 0. The standard InChI is InChI=1S/C32H34N/c1-6-10-13-25-20-21-33-30(27(25)18-16-23(5)7-2)28-19-17-24-14-11-12-15-26(24)29(28)31(8-3)22-32(31,33)9-4/h6-7,10-12,14-21H,2,5,8-9,13,22H2,1,3-4H3/q+1/b10-6-,18-16-. The zero-order valence-corrected chi connectivity index (χ0v) is 20.2. The minimum atomic E-state index is 0.144. The number of pyridine rings is 1. The van der Waals surface area contributed by atoms with Gasteiger partial charge >= 0.3 is 0 Å². The molecule has 2 aliphatic rings. The number of benzene rings is 2. The Morgan fingerprint density at radius 3 is 2.64 bits per heavy atom. The molecule has 1 saturated carbocycles. The predicted octanol–water partition coefficient (Wildman–Crippen LogP) is 7.84. The first-order chi connectivity index (χ1) is 16.1. The molecule has 0 N–H and O–H groups in total. The van der Waals surface area contributed by atoms with Gasteiger partial charge in [-0.25, -0.2) is 0 Å². The van der Waals surface area contributed by atoms with E-state index in [0.29, 0.717) is 0 Å². The summed E-state index contributed by atoms with van der Waals surface area (Å²) in [6, 6.07) is 16.0. The van der Waals surface area contributed by atoms with E-state index in [-0.39, 0.29) is 11.0 Å². The maximum atomic E-state index is 4.13. The first-order valence-corrected chi connectivity index (χ1v) is 12.3. The normalized spacial score (nSPS) is 22.9. The lowest BCUT2D eigenvalue weighted by Crippen LogP contribution is -2.55. The van der Waals surface area contributed by atoms with Gasteiger partial charge in [-0.3, -0.25) is 0 Å². The van der Waals surface area contributed by atoms with Crippen LogP contribution in [0.4, 0.5) is 0 Å². The molecule has 1 fully saturated rings. The van der Waals surface area contributed by atoms with Crippen LogP contribution in [0.25, 0.3) is 28.1 Å². The highest BCUT2D eigenvalue weighted by Crippen LogP contribution is 2.68. The average molecular weight is 433 g/mol. The Balaban J connectivity index is 1.89. The van der Waals surface area contributed by atoms with Crippen molar-refractivity contribution in [3.05, 3.63) is 108 Å². The molecule has 2 unspecified atom stereocenters. The molecule has 0 saturated heterocycles. The molecule has 1 nitrogen and oxygen atoms in total. The largest absolute Gasteiger partial charge is 0.220 e. The first-order valence-electron chi connectivity index (χ1n) is 12.3. The Kier molecular flexibility index (Phi) is 5.24. The molecule has 1 aromatic heterocycles. The SMILES string of the molecule is C=CC(=C)/C=C\c1c(C/C=C\C)cc[n+]2c1-c1ccc3ccccc3c1C1(CC)CC21CC. The maximum Gasteiger partial charge on any atom is 0.220 e. The van der Waals surface area contributed by atoms with E-state index >= 15 is 0 Å². The molecule has 2 heterocycles. The molecule has 33 heavy (non-hydrogen) atoms. The van der Waals surface area contributed by atoms with Crippen molar-refractivity contribution in [3.8, 4) is 11.3 Å². The lowest BCUT2D eigenvalue weighted by Gasteiger charge is -2.31. The number of fused-ring (bicyclic) bond motifs is 8. The number of hydrogen-bond donors (Lipinski definition) is 0. The van der Waals surface area contributed by atoms with E-state index < -0.39 is 0 Å². The second kappa shape index (κ2) is 7.99. The second-order valence-corrected chi connectivity index (χ2v) is 9.57. The highest BCUT2D eigenvalue weighted by atomic mass is 15.2. The average Bonchev–Trinajstić information content (AvgIpc) is 3.56. The van der Waals surface area contributed by atoms with Gasteiger partial charge < -0.3 is 0 Å². The summed E-state index contributed by atoms with van der Waals surface area (Å²) in [6.45, 7) is 14.9. The van der Waals surface area contributed by atoms with Crippen molar-refractivity contribution in [2.75, 3.05) is 0 Å². The van der Waals surface area contributed by atoms with E-state index in [9.17, 15) is 0 Å². The third kappa shape index (κ3) is 2.95. The Morgan fingerprint density at radius 2 is 1.91 bits per heavy atom. The van der Waals surface area contributed by atoms with Gasteiger partial charge in [0, 0.05) is 18.9 Å². The topological polar surface area (TPSA) is 3.88 Å². The lowest BCUT2D eigenvalue weighted by atomic mass is 9.76. The first kappa shape index (κ1) is 21.6. The number of rotatable bonds is 7. The molecular weight excluding hydrogens is 398 g/mol. The van der Waals surface area contributed by atoms with Gasteiger partial charge in [0.05, 0.1) is 16.5 Å². The fraction of sp³-hybridized carbons (Fsp3) is 0.281. The van der Waals surface area contributed by atoms with Crippen LogP contribution in [0.15, 0.2) is 91.7 Å². The van der Waals surface area contributed by atoms with Crippen molar-refractivity contribution in [1.29, 1.82) is 0 Å². The quantitative estimate of drug-likeness (QED) is 0.203. The Hall–Kier alpha value is -3.19. The summed E-state index contributed by atoms with van der Waals surface area (Å²) < 4.78 is 2.63. The number of aromatic nitrogens is 1. The molecule has 0 radical (unpaired) electrons. The van der Waals surface area contributed by atoms with Crippen molar-refractivity contribution in [2.24, 2.45) is 0 Å². The zero-order valence-electron chi connectivity index (χ0n) is 20.2. The number of hydrogen-bond acceptors (Lipinski definition) is 0. The van der Waals surface area contributed by atoms with Gasteiger partial charge in [-0.1, -0.05) is 81.6 Å². The third-order valence-electron chi connectivity index (χ3n) is 8.24. The zero-order chi connectivity index (χ0) is 23.2. The summed E-state index contributed by atoms with van der Waals surface area (Å²) in [5, 5.41) is 2.76. The van der Waals surface area contributed by atoms with Crippen LogP contribution < -0.4 is 4.57 Å². The minimum Gasteiger partial charge on any atom is -0.191 e. The fourth-order valence-corrected chi connectivity index (χ4v) is 6.45. The van der Waals surface area contributed by atoms with Gasteiger partial charge in [-0.15, -0.1) is 0 Å². The van der Waals surface area contributed by atoms with Crippen LogP contribution in [-0.2, 0) is 17.4 Å². The van der Waals surface area contributed by atoms with Gasteiger partial charge in [0.1, 0.15) is 0 Å². The van der Waals surface area contributed by atoms with E-state index in [4.69, 9.17) is 0 Å². The smallest absolute Gasteiger partial charge is 0.191 e. The summed E-state index contributed by atoms with van der Waals surface area (Å²) in [7, 11) is 0. The summed E-state index contributed by atoms with van der Waals surface area (Å²) in [4.78, 5) is 0. The molecule has 1 aliphatic heterocycles. The molecule has 2 atom stereocenters. The van der Waals surface area contributed by atoms with E-state index in [1.807, 2.05) is 6.08 Å². The van der Waals surface area contributed by atoms with Gasteiger partial charge in [0.25, 0.3) is 0 Å². The summed E-state index contributed by atoms with van der Waals surface area (Å²) in [6.07, 6.45) is 17.4. The molecule has 0 bridgehead atoms. The molecule has 2 aromatic carbocycles. The molecule has 1 aliphatic carbocycles. The van der Waals surface area contributed by atoms with E-state index in [2.05, 4.69) is 111 Å². The van der Waals surface area contributed by atoms with Crippen LogP contribution >= 0.6 is 0 Å². The molecule has 3 aromatic rings. The lowest BCUT2D eigenvalue weighted by molar-refractivity contribution is -0.735. The third-order valence-corrected chi connectivity index (χ3v) is 8.24. The van der Waals surface area contributed by atoms with Crippen molar-refractivity contribution in [3.63, 3.8) is 0 Å².